The molecule has 0 aliphatic carbocycles. The van der Waals surface area contributed by atoms with E-state index in [2.05, 4.69) is 26.6 Å². The predicted molar refractivity (Wildman–Crippen MR) is 92.9 cm³/mol. The molecule has 1 N–H and O–H groups in total. The van der Waals surface area contributed by atoms with Gasteiger partial charge in [0.05, 0.1) is 5.52 Å². The van der Waals surface area contributed by atoms with E-state index in [1.54, 1.807) is 12.1 Å². The Hall–Kier alpha value is -3.28. The maximum atomic E-state index is 12.2. The van der Waals surface area contributed by atoms with Crippen LogP contribution in [0.3, 0.4) is 0 Å². The van der Waals surface area contributed by atoms with Crippen molar-refractivity contribution in [2.45, 2.75) is 6.92 Å². The fraction of sp³-hybridized carbons (Fsp3) is 0.111. The number of fused-ring (bicyclic) bond motifs is 3. The first-order valence-corrected chi connectivity index (χ1v) is 7.59. The molecular weight excluding hydrogens is 302 g/mol. The van der Waals surface area contributed by atoms with Gasteiger partial charge in [0, 0.05) is 18.0 Å². The molecule has 118 valence electrons. The predicted octanol–water partition coefficient (Wildman–Crippen LogP) is 3.08. The third-order valence-corrected chi connectivity index (χ3v) is 4.02. The zero-order chi connectivity index (χ0) is 16.7. The summed E-state index contributed by atoms with van der Waals surface area (Å²) in [6.07, 6.45) is 0. The fourth-order valence-corrected chi connectivity index (χ4v) is 2.79. The van der Waals surface area contributed by atoms with Gasteiger partial charge in [0.25, 0.3) is 11.9 Å². The molecule has 24 heavy (non-hydrogen) atoms. The van der Waals surface area contributed by atoms with Gasteiger partial charge in [0.1, 0.15) is 5.52 Å². The van der Waals surface area contributed by atoms with E-state index in [9.17, 15) is 4.79 Å². The van der Waals surface area contributed by atoms with Crippen LogP contribution in [0, 0.1) is 6.92 Å². The van der Waals surface area contributed by atoms with Crippen LogP contribution in [0.4, 0.5) is 5.95 Å². The van der Waals surface area contributed by atoms with E-state index in [0.717, 1.165) is 22.0 Å². The molecule has 0 unspecified atom stereocenters. The van der Waals surface area contributed by atoms with Crippen LogP contribution in [0.2, 0.25) is 0 Å². The normalized spacial score (nSPS) is 11.1. The molecule has 0 bridgehead atoms. The summed E-state index contributed by atoms with van der Waals surface area (Å²) in [6.45, 7) is 2.04. The van der Waals surface area contributed by atoms with Crippen LogP contribution >= 0.6 is 0 Å². The van der Waals surface area contributed by atoms with E-state index in [4.69, 9.17) is 0 Å². The Morgan fingerprint density at radius 2 is 1.88 bits per heavy atom. The summed E-state index contributed by atoms with van der Waals surface area (Å²) in [6, 6.07) is 15.1. The summed E-state index contributed by atoms with van der Waals surface area (Å²) in [5.74, 6) is -0.0645. The van der Waals surface area contributed by atoms with E-state index in [0.29, 0.717) is 11.2 Å². The fourth-order valence-electron chi connectivity index (χ4n) is 2.79. The number of hydrogen-bond acceptors (Lipinski definition) is 4. The highest BCUT2D eigenvalue weighted by Gasteiger charge is 2.14. The van der Waals surface area contributed by atoms with Gasteiger partial charge in [-0.15, -0.1) is 10.2 Å². The van der Waals surface area contributed by atoms with Crippen LogP contribution in [-0.4, -0.2) is 25.7 Å². The molecule has 1 amide bonds. The maximum absolute atomic E-state index is 12.2. The Morgan fingerprint density at radius 3 is 2.67 bits per heavy atom. The molecule has 4 aromatic rings. The smallest absolute Gasteiger partial charge is 0.258 e. The summed E-state index contributed by atoms with van der Waals surface area (Å²) < 4.78 is 1.96. The van der Waals surface area contributed by atoms with Crippen molar-refractivity contribution in [1.82, 2.24) is 19.7 Å². The molecule has 0 saturated carbocycles. The summed E-state index contributed by atoms with van der Waals surface area (Å²) in [7, 11) is 1.93. The molecule has 0 spiro atoms. The van der Waals surface area contributed by atoms with Gasteiger partial charge in [-0.2, -0.15) is 4.98 Å². The van der Waals surface area contributed by atoms with Gasteiger partial charge in [-0.05, 0) is 31.2 Å². The van der Waals surface area contributed by atoms with Crippen molar-refractivity contribution in [3.05, 3.63) is 59.7 Å². The Kier molecular flexibility index (Phi) is 3.23. The first-order chi connectivity index (χ1) is 11.6. The SMILES string of the molecule is Cc1ccc2c(c1)c1nnc(NC(=O)c3ccccc3)nc1n2C. The number of carbonyl (C=O) groups is 1. The minimum atomic E-state index is -0.258. The van der Waals surface area contributed by atoms with Crippen LogP contribution in [0.5, 0.6) is 0 Å². The summed E-state index contributed by atoms with van der Waals surface area (Å²) in [4.78, 5) is 16.7. The van der Waals surface area contributed by atoms with E-state index in [1.807, 2.05) is 48.9 Å². The molecule has 0 aliphatic rings. The Labute approximate surface area is 138 Å². The van der Waals surface area contributed by atoms with Gasteiger partial charge in [-0.25, -0.2) is 0 Å². The van der Waals surface area contributed by atoms with Gasteiger partial charge in [-0.3, -0.25) is 10.1 Å². The number of hydrogen-bond donors (Lipinski definition) is 1. The lowest BCUT2D eigenvalue weighted by Crippen LogP contribution is -2.14. The van der Waals surface area contributed by atoms with E-state index in [1.165, 1.54) is 0 Å². The number of carbonyl (C=O) groups excluding carboxylic acids is 1. The van der Waals surface area contributed by atoms with Crippen LogP contribution in [0.1, 0.15) is 15.9 Å². The van der Waals surface area contributed by atoms with Crippen molar-refractivity contribution in [3.63, 3.8) is 0 Å². The number of aromatic nitrogens is 4. The van der Waals surface area contributed by atoms with Gasteiger partial charge in [0.2, 0.25) is 0 Å². The van der Waals surface area contributed by atoms with Gasteiger partial charge in [-0.1, -0.05) is 29.8 Å². The van der Waals surface area contributed by atoms with Crippen LogP contribution in [0.25, 0.3) is 22.1 Å². The molecule has 0 aliphatic heterocycles. The molecule has 0 radical (unpaired) electrons. The van der Waals surface area contributed by atoms with Crippen molar-refractivity contribution in [2.75, 3.05) is 5.32 Å². The Morgan fingerprint density at radius 1 is 1.08 bits per heavy atom. The minimum Gasteiger partial charge on any atom is -0.327 e. The van der Waals surface area contributed by atoms with Gasteiger partial charge < -0.3 is 4.57 Å². The average Bonchev–Trinajstić information content (AvgIpc) is 2.87. The third kappa shape index (κ3) is 2.28. The summed E-state index contributed by atoms with van der Waals surface area (Å²) in [5.41, 5.74) is 4.15. The molecule has 2 aromatic heterocycles. The van der Waals surface area contributed by atoms with Crippen molar-refractivity contribution >= 4 is 33.9 Å². The number of aryl methyl sites for hydroxylation is 2. The summed E-state index contributed by atoms with van der Waals surface area (Å²) in [5, 5.41) is 12.0. The van der Waals surface area contributed by atoms with Crippen molar-refractivity contribution in [1.29, 1.82) is 0 Å². The second-order valence-electron chi connectivity index (χ2n) is 5.71. The summed E-state index contributed by atoms with van der Waals surface area (Å²) >= 11 is 0. The lowest BCUT2D eigenvalue weighted by molar-refractivity contribution is 0.102. The number of benzene rings is 2. The highest BCUT2D eigenvalue weighted by atomic mass is 16.1. The van der Waals surface area contributed by atoms with E-state index >= 15 is 0 Å². The maximum Gasteiger partial charge on any atom is 0.258 e. The Bertz CT molecular complexity index is 1070. The monoisotopic (exact) mass is 317 g/mol. The van der Waals surface area contributed by atoms with E-state index < -0.39 is 0 Å². The number of amides is 1. The molecule has 6 heteroatoms. The van der Waals surface area contributed by atoms with Gasteiger partial charge in [0.15, 0.2) is 5.65 Å². The molecule has 6 nitrogen and oxygen atoms in total. The topological polar surface area (TPSA) is 72.7 Å². The van der Waals surface area contributed by atoms with E-state index in [-0.39, 0.29) is 11.9 Å². The zero-order valence-corrected chi connectivity index (χ0v) is 13.3. The quantitative estimate of drug-likeness (QED) is 0.616. The van der Waals surface area contributed by atoms with Crippen molar-refractivity contribution in [2.24, 2.45) is 7.05 Å². The second-order valence-corrected chi connectivity index (χ2v) is 5.71. The number of nitrogens with one attached hydrogen (secondary N) is 1. The minimum absolute atomic E-state index is 0.194. The molecule has 4 rings (SSSR count). The van der Waals surface area contributed by atoms with Crippen LogP contribution in [-0.2, 0) is 7.05 Å². The first kappa shape index (κ1) is 14.3. The average molecular weight is 317 g/mol. The molecule has 0 saturated heterocycles. The molecule has 2 heterocycles. The molecule has 0 atom stereocenters. The van der Waals surface area contributed by atoms with Crippen LogP contribution < -0.4 is 5.32 Å². The Balaban J connectivity index is 1.77. The highest BCUT2D eigenvalue weighted by molar-refractivity contribution is 6.06. The largest absolute Gasteiger partial charge is 0.327 e. The lowest BCUT2D eigenvalue weighted by Gasteiger charge is -2.03. The number of anilines is 1. The highest BCUT2D eigenvalue weighted by Crippen LogP contribution is 2.26. The number of nitrogens with zero attached hydrogens (tertiary/aromatic N) is 4. The second kappa shape index (κ2) is 5.42. The zero-order valence-electron chi connectivity index (χ0n) is 13.3. The first-order valence-electron chi connectivity index (χ1n) is 7.59. The standard InChI is InChI=1S/C18H15N5O/c1-11-8-9-14-13(10-11)15-16(23(14)2)19-18(22-21-15)20-17(24)12-6-4-3-5-7-12/h3-10H,1-2H3,(H,19,20,22,24). The third-order valence-electron chi connectivity index (χ3n) is 4.02. The lowest BCUT2D eigenvalue weighted by atomic mass is 10.2. The van der Waals surface area contributed by atoms with Crippen molar-refractivity contribution < 1.29 is 4.79 Å². The van der Waals surface area contributed by atoms with Crippen molar-refractivity contribution in [3.8, 4) is 0 Å². The molecular formula is C18H15N5O. The van der Waals surface area contributed by atoms with Crippen LogP contribution in [0.15, 0.2) is 48.5 Å². The number of rotatable bonds is 2. The molecule has 2 aromatic carbocycles. The van der Waals surface area contributed by atoms with Gasteiger partial charge >= 0.3 is 0 Å². The molecule has 0 fully saturated rings.